The summed E-state index contributed by atoms with van der Waals surface area (Å²) >= 11 is 0. The summed E-state index contributed by atoms with van der Waals surface area (Å²) in [7, 11) is 0. The summed E-state index contributed by atoms with van der Waals surface area (Å²) in [5, 5.41) is 3.08. The number of benzene rings is 1. The Hall–Kier alpha value is -3.02. The molecule has 0 saturated heterocycles. The maximum absolute atomic E-state index is 12.5. The van der Waals surface area contributed by atoms with Gasteiger partial charge in [0.05, 0.1) is 11.3 Å². The number of carbonyl (C=O) groups is 1. The van der Waals surface area contributed by atoms with Crippen LogP contribution in [0.15, 0.2) is 48.9 Å². The molecule has 0 bridgehead atoms. The molecule has 3 heterocycles. The Kier molecular flexibility index (Phi) is 4.01. The average molecular weight is 333 g/mol. The van der Waals surface area contributed by atoms with Gasteiger partial charge in [-0.1, -0.05) is 30.3 Å². The van der Waals surface area contributed by atoms with Crippen molar-refractivity contribution in [2.24, 2.45) is 0 Å². The van der Waals surface area contributed by atoms with Crippen LogP contribution in [0.2, 0.25) is 0 Å². The molecule has 6 nitrogen and oxygen atoms in total. The molecule has 3 aromatic rings. The highest BCUT2D eigenvalue weighted by molar-refractivity contribution is 5.93. The largest absolute Gasteiger partial charge is 0.347 e. The van der Waals surface area contributed by atoms with Crippen LogP contribution in [0.4, 0.5) is 0 Å². The predicted molar refractivity (Wildman–Crippen MR) is 94.0 cm³/mol. The molecule has 0 radical (unpaired) electrons. The summed E-state index contributed by atoms with van der Waals surface area (Å²) in [6.45, 7) is 2.75. The second-order valence-corrected chi connectivity index (χ2v) is 6.32. The third kappa shape index (κ3) is 3.28. The lowest BCUT2D eigenvalue weighted by molar-refractivity contribution is 0.0927. The predicted octanol–water partition coefficient (Wildman–Crippen LogP) is 2.39. The monoisotopic (exact) mass is 333 g/mol. The first-order chi connectivity index (χ1) is 12.2. The molecule has 0 unspecified atom stereocenters. The van der Waals surface area contributed by atoms with Crippen LogP contribution in [0.1, 0.15) is 28.3 Å². The molecule has 0 aliphatic carbocycles. The van der Waals surface area contributed by atoms with E-state index >= 15 is 0 Å². The standard InChI is InChI=1S/C19H19N5O/c1-13-11-24-12-16(7-8-17(24)22-13)23-19(25)15-9-20-18(21-10-15)14-5-3-2-4-6-14/h2-6,9-11,16H,7-8,12H2,1H3,(H,23,25)/t16-/m1/s1. The molecule has 1 aromatic carbocycles. The van der Waals surface area contributed by atoms with E-state index in [1.54, 1.807) is 12.4 Å². The molecule has 0 saturated carbocycles. The van der Waals surface area contributed by atoms with Crippen LogP contribution in [-0.4, -0.2) is 31.5 Å². The first-order valence-electron chi connectivity index (χ1n) is 8.40. The fourth-order valence-electron chi connectivity index (χ4n) is 3.15. The summed E-state index contributed by atoms with van der Waals surface area (Å²) in [5.74, 6) is 1.58. The van der Waals surface area contributed by atoms with Crippen molar-refractivity contribution in [3.63, 3.8) is 0 Å². The molecule has 2 aromatic heterocycles. The number of amides is 1. The van der Waals surface area contributed by atoms with Crippen molar-refractivity contribution >= 4 is 5.91 Å². The highest BCUT2D eigenvalue weighted by Gasteiger charge is 2.22. The number of nitrogens with zero attached hydrogens (tertiary/aromatic N) is 4. The van der Waals surface area contributed by atoms with E-state index in [2.05, 4.69) is 24.8 Å². The molecule has 6 heteroatoms. The second kappa shape index (κ2) is 6.47. The van der Waals surface area contributed by atoms with E-state index in [4.69, 9.17) is 0 Å². The van der Waals surface area contributed by atoms with E-state index < -0.39 is 0 Å². The number of hydrogen-bond acceptors (Lipinski definition) is 4. The van der Waals surface area contributed by atoms with Gasteiger partial charge in [0.15, 0.2) is 5.82 Å². The Labute approximate surface area is 146 Å². The Morgan fingerprint density at radius 1 is 1.20 bits per heavy atom. The maximum atomic E-state index is 12.5. The molecule has 1 atom stereocenters. The first-order valence-corrected chi connectivity index (χ1v) is 8.40. The third-order valence-corrected chi connectivity index (χ3v) is 4.39. The lowest BCUT2D eigenvalue weighted by Gasteiger charge is -2.24. The number of fused-ring (bicyclic) bond motifs is 1. The van der Waals surface area contributed by atoms with E-state index in [1.165, 1.54) is 0 Å². The number of carbonyl (C=O) groups excluding carboxylic acids is 1. The van der Waals surface area contributed by atoms with Crippen molar-refractivity contribution in [3.8, 4) is 11.4 Å². The van der Waals surface area contributed by atoms with Gasteiger partial charge in [-0.25, -0.2) is 15.0 Å². The van der Waals surface area contributed by atoms with Crippen LogP contribution in [0.3, 0.4) is 0 Å². The summed E-state index contributed by atoms with van der Waals surface area (Å²) in [6, 6.07) is 9.82. The number of rotatable bonds is 3. The minimum atomic E-state index is -0.134. The molecule has 126 valence electrons. The van der Waals surface area contributed by atoms with Gasteiger partial charge in [-0.3, -0.25) is 4.79 Å². The molecule has 0 fully saturated rings. The number of nitrogens with one attached hydrogen (secondary N) is 1. The van der Waals surface area contributed by atoms with Gasteiger partial charge in [0.1, 0.15) is 5.82 Å². The van der Waals surface area contributed by atoms with Gasteiger partial charge in [0, 0.05) is 43.2 Å². The van der Waals surface area contributed by atoms with Crippen LogP contribution in [0.25, 0.3) is 11.4 Å². The minimum Gasteiger partial charge on any atom is -0.347 e. The smallest absolute Gasteiger partial charge is 0.254 e. The topological polar surface area (TPSA) is 72.7 Å². The maximum Gasteiger partial charge on any atom is 0.254 e. The minimum absolute atomic E-state index is 0.0994. The molecule has 4 rings (SSSR count). The van der Waals surface area contributed by atoms with Crippen molar-refractivity contribution in [2.45, 2.75) is 32.4 Å². The van der Waals surface area contributed by atoms with E-state index in [0.29, 0.717) is 11.4 Å². The zero-order valence-corrected chi connectivity index (χ0v) is 14.0. The van der Waals surface area contributed by atoms with E-state index in [-0.39, 0.29) is 11.9 Å². The Bertz CT molecular complexity index is 886. The van der Waals surface area contributed by atoms with Crippen molar-refractivity contribution < 1.29 is 4.79 Å². The zero-order chi connectivity index (χ0) is 17.2. The van der Waals surface area contributed by atoms with Gasteiger partial charge in [-0.2, -0.15) is 0 Å². The molecule has 1 amide bonds. The summed E-state index contributed by atoms with van der Waals surface area (Å²) in [6.07, 6.45) is 6.97. The van der Waals surface area contributed by atoms with Gasteiger partial charge in [-0.05, 0) is 13.3 Å². The van der Waals surface area contributed by atoms with Gasteiger partial charge in [0.25, 0.3) is 5.91 Å². The average Bonchev–Trinajstić information content (AvgIpc) is 3.02. The number of hydrogen-bond donors (Lipinski definition) is 1. The van der Waals surface area contributed by atoms with Crippen LogP contribution < -0.4 is 5.32 Å². The van der Waals surface area contributed by atoms with E-state index in [1.807, 2.05) is 43.5 Å². The molecule has 25 heavy (non-hydrogen) atoms. The van der Waals surface area contributed by atoms with Gasteiger partial charge >= 0.3 is 0 Å². The van der Waals surface area contributed by atoms with Crippen molar-refractivity contribution in [1.29, 1.82) is 0 Å². The fraction of sp³-hybridized carbons (Fsp3) is 0.263. The summed E-state index contributed by atoms with van der Waals surface area (Å²) in [4.78, 5) is 25.6. The zero-order valence-electron chi connectivity index (χ0n) is 14.0. The Balaban J connectivity index is 1.43. The van der Waals surface area contributed by atoms with Gasteiger partial charge < -0.3 is 9.88 Å². The molecule has 1 N–H and O–H groups in total. The van der Waals surface area contributed by atoms with Crippen LogP contribution >= 0.6 is 0 Å². The van der Waals surface area contributed by atoms with Gasteiger partial charge in [0.2, 0.25) is 0 Å². The first kappa shape index (κ1) is 15.5. The molecular weight excluding hydrogens is 314 g/mol. The number of aromatic nitrogens is 4. The molecular formula is C19H19N5O. The SMILES string of the molecule is Cc1cn2c(n1)CC[C@@H](NC(=O)c1cnc(-c3ccccc3)nc1)C2. The normalized spacial score (nSPS) is 16.3. The van der Waals surface area contributed by atoms with E-state index in [0.717, 1.165) is 36.5 Å². The Morgan fingerprint density at radius 3 is 2.72 bits per heavy atom. The second-order valence-electron chi connectivity index (χ2n) is 6.32. The van der Waals surface area contributed by atoms with Crippen molar-refractivity contribution in [1.82, 2.24) is 24.8 Å². The highest BCUT2D eigenvalue weighted by Crippen LogP contribution is 2.16. The third-order valence-electron chi connectivity index (χ3n) is 4.39. The number of aryl methyl sites for hydroxylation is 2. The van der Waals surface area contributed by atoms with Crippen molar-refractivity contribution in [2.75, 3.05) is 0 Å². The number of imidazole rings is 1. The summed E-state index contributed by atoms with van der Waals surface area (Å²) < 4.78 is 2.12. The lowest BCUT2D eigenvalue weighted by atomic mass is 10.1. The lowest BCUT2D eigenvalue weighted by Crippen LogP contribution is -2.41. The van der Waals surface area contributed by atoms with Crippen LogP contribution in [-0.2, 0) is 13.0 Å². The van der Waals surface area contributed by atoms with Crippen LogP contribution in [0.5, 0.6) is 0 Å². The molecule has 0 spiro atoms. The molecule has 1 aliphatic heterocycles. The fourth-order valence-corrected chi connectivity index (χ4v) is 3.15. The summed E-state index contributed by atoms with van der Waals surface area (Å²) in [5.41, 5.74) is 2.43. The quantitative estimate of drug-likeness (QED) is 0.799. The highest BCUT2D eigenvalue weighted by atomic mass is 16.1. The van der Waals surface area contributed by atoms with E-state index in [9.17, 15) is 4.79 Å². The van der Waals surface area contributed by atoms with Gasteiger partial charge in [-0.15, -0.1) is 0 Å². The van der Waals surface area contributed by atoms with Crippen LogP contribution in [0, 0.1) is 6.92 Å². The Morgan fingerprint density at radius 2 is 1.96 bits per heavy atom. The molecule has 1 aliphatic rings. The van der Waals surface area contributed by atoms with Crippen molar-refractivity contribution in [3.05, 3.63) is 66.0 Å².